The molecule has 0 aromatic heterocycles. The average molecular weight is 400 g/mol. The molecule has 3 atom stereocenters. The highest BCUT2D eigenvalue weighted by Crippen LogP contribution is 2.47. The molecule has 2 aliphatic rings. The van der Waals surface area contributed by atoms with Gasteiger partial charge in [0.25, 0.3) is 0 Å². The predicted molar refractivity (Wildman–Crippen MR) is 102 cm³/mol. The Morgan fingerprint density at radius 3 is 2.63 bits per heavy atom. The second-order valence-corrected chi connectivity index (χ2v) is 8.74. The fourth-order valence-corrected chi connectivity index (χ4v) is 5.44. The third-order valence-electron chi connectivity index (χ3n) is 5.56. The third-order valence-corrected chi connectivity index (χ3v) is 7.42. The number of ether oxygens (including phenoxy) is 1. The van der Waals surface area contributed by atoms with E-state index in [4.69, 9.17) is 0 Å². The standard InChI is InChI=1S/C18H29N3O5S/c1-17-11-27-13(18(17,2)21-16(25)20-17)6-4-5-7-14(23)19-10-12(22)8-9-15(24)26-3/h13H,4-11H2,1-3H3,(H,19,23)(H2,20,21,25)/t13-,17-,18+/m0/s1. The lowest BCUT2D eigenvalue weighted by Crippen LogP contribution is -2.58. The molecule has 0 aromatic rings. The Hall–Kier alpha value is -1.77. The van der Waals surface area contributed by atoms with Crippen LogP contribution in [0.4, 0.5) is 4.79 Å². The van der Waals surface area contributed by atoms with Crippen LogP contribution < -0.4 is 16.0 Å². The van der Waals surface area contributed by atoms with E-state index in [1.165, 1.54) is 7.11 Å². The molecular formula is C18H29N3O5S. The Bertz CT molecular complexity index is 614. The van der Waals surface area contributed by atoms with Crippen LogP contribution in [0.3, 0.4) is 0 Å². The lowest BCUT2D eigenvalue weighted by atomic mass is 9.79. The van der Waals surface area contributed by atoms with Crippen LogP contribution in [0.5, 0.6) is 0 Å². The molecular weight excluding hydrogens is 370 g/mol. The van der Waals surface area contributed by atoms with Crippen molar-refractivity contribution in [1.82, 2.24) is 16.0 Å². The zero-order chi connectivity index (χ0) is 20.1. The van der Waals surface area contributed by atoms with Gasteiger partial charge in [-0.1, -0.05) is 6.42 Å². The number of hydrogen-bond donors (Lipinski definition) is 3. The van der Waals surface area contributed by atoms with Crippen LogP contribution in [0.25, 0.3) is 0 Å². The first-order valence-electron chi connectivity index (χ1n) is 9.27. The van der Waals surface area contributed by atoms with Crippen LogP contribution in [0, 0.1) is 0 Å². The fourth-order valence-electron chi connectivity index (χ4n) is 3.55. The van der Waals surface area contributed by atoms with Crippen LogP contribution in [0.1, 0.15) is 52.4 Å². The number of thioether (sulfide) groups is 1. The number of urea groups is 1. The van der Waals surface area contributed by atoms with Gasteiger partial charge in [0.1, 0.15) is 0 Å². The maximum atomic E-state index is 11.9. The van der Waals surface area contributed by atoms with Crippen LogP contribution in [0.15, 0.2) is 0 Å². The van der Waals surface area contributed by atoms with Gasteiger partial charge >= 0.3 is 12.0 Å². The molecule has 0 saturated carbocycles. The zero-order valence-corrected chi connectivity index (χ0v) is 17.0. The van der Waals surface area contributed by atoms with Crippen LogP contribution in [-0.2, 0) is 19.1 Å². The number of methoxy groups -OCH3 is 1. The van der Waals surface area contributed by atoms with E-state index in [0.29, 0.717) is 11.7 Å². The highest BCUT2D eigenvalue weighted by atomic mass is 32.2. The number of unbranched alkanes of at least 4 members (excludes halogenated alkanes) is 1. The summed E-state index contributed by atoms with van der Waals surface area (Å²) in [7, 11) is 1.27. The van der Waals surface area contributed by atoms with Crippen molar-refractivity contribution in [2.45, 2.75) is 68.7 Å². The van der Waals surface area contributed by atoms with Crippen molar-refractivity contribution in [2.24, 2.45) is 0 Å². The number of fused-ring (bicyclic) bond motifs is 1. The van der Waals surface area contributed by atoms with Gasteiger partial charge in [-0.05, 0) is 26.7 Å². The third kappa shape index (κ3) is 5.15. The lowest BCUT2D eigenvalue weighted by molar-refractivity contribution is -0.141. The van der Waals surface area contributed by atoms with E-state index < -0.39 is 5.97 Å². The summed E-state index contributed by atoms with van der Waals surface area (Å²) in [6.45, 7) is 4.10. The van der Waals surface area contributed by atoms with Gasteiger partial charge in [-0.25, -0.2) is 4.79 Å². The maximum Gasteiger partial charge on any atom is 0.315 e. The molecule has 3 N–H and O–H groups in total. The maximum absolute atomic E-state index is 11.9. The molecule has 9 heteroatoms. The molecule has 8 nitrogen and oxygen atoms in total. The summed E-state index contributed by atoms with van der Waals surface area (Å²) in [4.78, 5) is 46.2. The minimum atomic E-state index is -0.432. The highest BCUT2D eigenvalue weighted by Gasteiger charge is 2.60. The summed E-state index contributed by atoms with van der Waals surface area (Å²) < 4.78 is 4.47. The van der Waals surface area contributed by atoms with E-state index in [-0.39, 0.29) is 48.2 Å². The molecule has 0 radical (unpaired) electrons. The second kappa shape index (κ2) is 8.95. The summed E-state index contributed by atoms with van der Waals surface area (Å²) in [5.41, 5.74) is -0.510. The zero-order valence-electron chi connectivity index (χ0n) is 16.2. The van der Waals surface area contributed by atoms with Crippen molar-refractivity contribution in [3.8, 4) is 0 Å². The molecule has 152 valence electrons. The SMILES string of the molecule is COC(=O)CCC(=O)CNC(=O)CCCC[C@@H]1SC[C@]2(C)NC(=O)N[C@]12C. The van der Waals surface area contributed by atoms with E-state index in [1.54, 1.807) is 0 Å². The predicted octanol–water partition coefficient (Wildman–Crippen LogP) is 1.13. The lowest BCUT2D eigenvalue weighted by Gasteiger charge is -2.35. The van der Waals surface area contributed by atoms with E-state index in [0.717, 1.165) is 25.0 Å². The summed E-state index contributed by atoms with van der Waals surface area (Å²) >= 11 is 1.86. The van der Waals surface area contributed by atoms with Gasteiger partial charge in [0.15, 0.2) is 5.78 Å². The van der Waals surface area contributed by atoms with Gasteiger partial charge in [0, 0.05) is 23.8 Å². The number of rotatable bonds is 10. The van der Waals surface area contributed by atoms with Crippen LogP contribution in [-0.4, -0.2) is 59.4 Å². The Kier molecular flexibility index (Phi) is 7.13. The van der Waals surface area contributed by atoms with Gasteiger partial charge in [-0.15, -0.1) is 0 Å². The van der Waals surface area contributed by atoms with Crippen molar-refractivity contribution in [3.05, 3.63) is 0 Å². The minimum Gasteiger partial charge on any atom is -0.469 e. The molecule has 0 aliphatic carbocycles. The first-order valence-corrected chi connectivity index (χ1v) is 10.3. The molecule has 0 unspecified atom stereocenters. The molecule has 0 bridgehead atoms. The van der Waals surface area contributed by atoms with E-state index in [1.807, 2.05) is 11.8 Å². The summed E-state index contributed by atoms with van der Waals surface area (Å²) in [6, 6.07) is -0.110. The first kappa shape index (κ1) is 21.5. The summed E-state index contributed by atoms with van der Waals surface area (Å²) in [6.07, 6.45) is 3.00. The number of esters is 1. The number of carbonyl (C=O) groups is 4. The second-order valence-electron chi connectivity index (χ2n) is 7.55. The quantitative estimate of drug-likeness (QED) is 0.288. The van der Waals surface area contributed by atoms with Crippen molar-refractivity contribution in [2.75, 3.05) is 19.4 Å². The summed E-state index contributed by atoms with van der Waals surface area (Å²) in [5, 5.41) is 9.00. The molecule has 2 aliphatic heterocycles. The van der Waals surface area contributed by atoms with Crippen molar-refractivity contribution >= 4 is 35.5 Å². The number of nitrogens with one attached hydrogen (secondary N) is 3. The summed E-state index contributed by atoms with van der Waals surface area (Å²) in [5.74, 6) is 0.0965. The molecule has 2 saturated heterocycles. The molecule has 2 fully saturated rings. The van der Waals surface area contributed by atoms with E-state index >= 15 is 0 Å². The smallest absolute Gasteiger partial charge is 0.315 e. The molecule has 2 rings (SSSR count). The van der Waals surface area contributed by atoms with Crippen LogP contribution >= 0.6 is 11.8 Å². The minimum absolute atomic E-state index is 0.0351. The molecule has 0 spiro atoms. The van der Waals surface area contributed by atoms with Crippen LogP contribution in [0.2, 0.25) is 0 Å². The Labute approximate surface area is 163 Å². The number of ketones is 1. The molecule has 27 heavy (non-hydrogen) atoms. The van der Waals surface area contributed by atoms with E-state index in [9.17, 15) is 19.2 Å². The Balaban J connectivity index is 1.61. The van der Waals surface area contributed by atoms with Gasteiger partial charge in [0.2, 0.25) is 5.91 Å². The normalized spacial score (nSPS) is 28.9. The van der Waals surface area contributed by atoms with Crippen molar-refractivity contribution < 1.29 is 23.9 Å². The van der Waals surface area contributed by atoms with Gasteiger partial charge in [0.05, 0.1) is 31.2 Å². The largest absolute Gasteiger partial charge is 0.469 e. The highest BCUT2D eigenvalue weighted by molar-refractivity contribution is 8.00. The number of hydrogen-bond acceptors (Lipinski definition) is 6. The van der Waals surface area contributed by atoms with E-state index in [2.05, 4.69) is 34.5 Å². The monoisotopic (exact) mass is 399 g/mol. The number of Topliss-reactive ketones (excluding diaryl/α,β-unsaturated/α-hetero) is 1. The van der Waals surface area contributed by atoms with Gasteiger partial charge < -0.3 is 20.7 Å². The topological polar surface area (TPSA) is 114 Å². The average Bonchev–Trinajstić information content (AvgIpc) is 2.99. The van der Waals surface area contributed by atoms with Crippen molar-refractivity contribution in [1.29, 1.82) is 0 Å². The Morgan fingerprint density at radius 1 is 1.19 bits per heavy atom. The number of carbonyl (C=O) groups excluding carboxylic acids is 4. The fraction of sp³-hybridized carbons (Fsp3) is 0.778. The Morgan fingerprint density at radius 2 is 1.93 bits per heavy atom. The van der Waals surface area contributed by atoms with Gasteiger partial charge in [-0.2, -0.15) is 11.8 Å². The van der Waals surface area contributed by atoms with Gasteiger partial charge in [-0.3, -0.25) is 14.4 Å². The molecule has 3 amide bonds. The molecule has 0 aromatic carbocycles. The first-order chi connectivity index (χ1) is 12.7. The van der Waals surface area contributed by atoms with Crippen molar-refractivity contribution in [3.63, 3.8) is 0 Å². The number of amides is 3. The molecule has 2 heterocycles.